The molecule has 1 rings (SSSR count). The van der Waals surface area contributed by atoms with Crippen molar-refractivity contribution in [1.82, 2.24) is 0 Å². The number of aryl methyl sites for hydroxylation is 1. The van der Waals surface area contributed by atoms with Crippen LogP contribution >= 0.6 is 15.9 Å². The van der Waals surface area contributed by atoms with Crippen molar-refractivity contribution in [3.8, 4) is 11.8 Å². The number of hydrogen-bond acceptors (Lipinski definition) is 2. The van der Waals surface area contributed by atoms with Crippen LogP contribution in [-0.2, 0) is 6.42 Å². The van der Waals surface area contributed by atoms with Crippen molar-refractivity contribution < 1.29 is 5.11 Å². The van der Waals surface area contributed by atoms with Crippen molar-refractivity contribution in [2.75, 3.05) is 0 Å². The molecule has 0 aliphatic heterocycles. The number of hydrogen-bond donors (Lipinski definition) is 1. The lowest BCUT2D eigenvalue weighted by molar-refractivity contribution is 0.469. The van der Waals surface area contributed by atoms with Gasteiger partial charge in [-0.2, -0.15) is 5.26 Å². The lowest BCUT2D eigenvalue weighted by atomic mass is 10.1. The van der Waals surface area contributed by atoms with E-state index in [0.29, 0.717) is 5.56 Å². The molecule has 12 heavy (non-hydrogen) atoms. The lowest BCUT2D eigenvalue weighted by Gasteiger charge is -2.03. The zero-order chi connectivity index (χ0) is 9.14. The standard InChI is InChI=1S/C9H8BrNO/c1-6-4-9(12)7(2-3-11)5-8(6)10/h4-5,12H,2H2,1H3. The number of nitrogens with zero attached hydrogens (tertiary/aromatic N) is 1. The highest BCUT2D eigenvalue weighted by atomic mass is 79.9. The second-order valence-corrected chi connectivity index (χ2v) is 3.42. The molecule has 0 fully saturated rings. The number of phenolic OH excluding ortho intramolecular Hbond substituents is 1. The van der Waals surface area contributed by atoms with Gasteiger partial charge in [0.15, 0.2) is 0 Å². The van der Waals surface area contributed by atoms with Crippen molar-refractivity contribution in [2.45, 2.75) is 13.3 Å². The highest BCUT2D eigenvalue weighted by Crippen LogP contribution is 2.25. The molecule has 0 amide bonds. The fraction of sp³-hybridized carbons (Fsp3) is 0.222. The Kier molecular flexibility index (Phi) is 2.72. The summed E-state index contributed by atoms with van der Waals surface area (Å²) in [5, 5.41) is 17.8. The summed E-state index contributed by atoms with van der Waals surface area (Å²) in [5.41, 5.74) is 1.63. The minimum atomic E-state index is 0.192. The number of benzene rings is 1. The van der Waals surface area contributed by atoms with Crippen LogP contribution in [0.4, 0.5) is 0 Å². The molecule has 0 radical (unpaired) electrons. The summed E-state index contributed by atoms with van der Waals surface area (Å²) in [6, 6.07) is 5.41. The zero-order valence-electron chi connectivity index (χ0n) is 6.63. The van der Waals surface area contributed by atoms with Gasteiger partial charge >= 0.3 is 0 Å². The minimum absolute atomic E-state index is 0.192. The van der Waals surface area contributed by atoms with Gasteiger partial charge in [-0.05, 0) is 24.6 Å². The van der Waals surface area contributed by atoms with Crippen LogP contribution in [-0.4, -0.2) is 5.11 Å². The SMILES string of the molecule is Cc1cc(O)c(CC#N)cc1Br. The van der Waals surface area contributed by atoms with Crippen LogP contribution in [0.2, 0.25) is 0 Å². The Morgan fingerprint density at radius 3 is 2.83 bits per heavy atom. The smallest absolute Gasteiger partial charge is 0.120 e. The molecular formula is C9H8BrNO. The molecule has 1 N–H and O–H groups in total. The van der Waals surface area contributed by atoms with Gasteiger partial charge in [0, 0.05) is 10.0 Å². The van der Waals surface area contributed by atoms with Crippen molar-refractivity contribution >= 4 is 15.9 Å². The second-order valence-electron chi connectivity index (χ2n) is 2.56. The Morgan fingerprint density at radius 1 is 1.58 bits per heavy atom. The first-order valence-corrected chi connectivity index (χ1v) is 4.29. The van der Waals surface area contributed by atoms with E-state index in [9.17, 15) is 5.11 Å². The first-order chi connectivity index (χ1) is 5.65. The van der Waals surface area contributed by atoms with Gasteiger partial charge in [-0.1, -0.05) is 15.9 Å². The summed E-state index contributed by atoms with van der Waals surface area (Å²) in [6.45, 7) is 1.89. The largest absolute Gasteiger partial charge is 0.508 e. The van der Waals surface area contributed by atoms with Gasteiger partial charge in [-0.25, -0.2) is 0 Å². The molecule has 0 spiro atoms. The number of rotatable bonds is 1. The van der Waals surface area contributed by atoms with E-state index in [4.69, 9.17) is 5.26 Å². The monoisotopic (exact) mass is 225 g/mol. The predicted molar refractivity (Wildman–Crippen MR) is 49.9 cm³/mol. The van der Waals surface area contributed by atoms with Crippen LogP contribution in [0.25, 0.3) is 0 Å². The molecule has 0 unspecified atom stereocenters. The van der Waals surface area contributed by atoms with Crippen LogP contribution in [0.1, 0.15) is 11.1 Å². The summed E-state index contributed by atoms with van der Waals surface area (Å²) in [6.07, 6.45) is 0.241. The third-order valence-electron chi connectivity index (χ3n) is 1.63. The molecule has 0 heterocycles. The van der Waals surface area contributed by atoms with Gasteiger partial charge in [0.1, 0.15) is 5.75 Å². The zero-order valence-corrected chi connectivity index (χ0v) is 8.22. The van der Waals surface area contributed by atoms with Crippen LogP contribution in [0.15, 0.2) is 16.6 Å². The van der Waals surface area contributed by atoms with Gasteiger partial charge in [0.05, 0.1) is 12.5 Å². The Bertz CT molecular complexity index is 341. The first kappa shape index (κ1) is 9.08. The molecule has 1 aromatic carbocycles. The van der Waals surface area contributed by atoms with Crippen LogP contribution in [0.5, 0.6) is 5.75 Å². The van der Waals surface area contributed by atoms with Crippen LogP contribution in [0, 0.1) is 18.3 Å². The quantitative estimate of drug-likeness (QED) is 0.799. The Balaban J connectivity index is 3.16. The molecule has 62 valence electrons. The highest BCUT2D eigenvalue weighted by Gasteiger charge is 2.03. The van der Waals surface area contributed by atoms with E-state index in [1.165, 1.54) is 0 Å². The average Bonchev–Trinajstić information content (AvgIpc) is 2.01. The molecule has 3 heteroatoms. The summed E-state index contributed by atoms with van der Waals surface area (Å²) in [5.74, 6) is 0.192. The topological polar surface area (TPSA) is 44.0 Å². The van der Waals surface area contributed by atoms with E-state index in [1.54, 1.807) is 12.1 Å². The summed E-state index contributed by atoms with van der Waals surface area (Å²) in [7, 11) is 0. The molecule has 1 aromatic rings. The first-order valence-electron chi connectivity index (χ1n) is 3.50. The third-order valence-corrected chi connectivity index (χ3v) is 2.48. The molecule has 0 aliphatic carbocycles. The van der Waals surface area contributed by atoms with E-state index >= 15 is 0 Å². The molecule has 0 saturated carbocycles. The minimum Gasteiger partial charge on any atom is -0.508 e. The maximum Gasteiger partial charge on any atom is 0.120 e. The van der Waals surface area contributed by atoms with E-state index in [-0.39, 0.29) is 12.2 Å². The van der Waals surface area contributed by atoms with Crippen LogP contribution < -0.4 is 0 Å². The van der Waals surface area contributed by atoms with Crippen molar-refractivity contribution in [3.63, 3.8) is 0 Å². The maximum absolute atomic E-state index is 9.37. The lowest BCUT2D eigenvalue weighted by Crippen LogP contribution is -1.85. The third kappa shape index (κ3) is 1.77. The van der Waals surface area contributed by atoms with E-state index in [2.05, 4.69) is 15.9 Å². The van der Waals surface area contributed by atoms with E-state index in [1.807, 2.05) is 13.0 Å². The number of aromatic hydroxyl groups is 1. The normalized spacial score (nSPS) is 9.42. The van der Waals surface area contributed by atoms with Gasteiger partial charge in [-0.15, -0.1) is 0 Å². The molecule has 0 bridgehead atoms. The summed E-state index contributed by atoms with van der Waals surface area (Å²) >= 11 is 3.33. The van der Waals surface area contributed by atoms with Crippen molar-refractivity contribution in [2.24, 2.45) is 0 Å². The number of halogens is 1. The Labute approximate surface area is 79.6 Å². The molecular weight excluding hydrogens is 218 g/mol. The second kappa shape index (κ2) is 3.59. The summed E-state index contributed by atoms with van der Waals surface area (Å²) < 4.78 is 0.922. The average molecular weight is 226 g/mol. The maximum atomic E-state index is 9.37. The van der Waals surface area contributed by atoms with Gasteiger partial charge in [0.2, 0.25) is 0 Å². The van der Waals surface area contributed by atoms with E-state index in [0.717, 1.165) is 10.0 Å². The molecule has 0 aliphatic rings. The fourth-order valence-corrected chi connectivity index (χ4v) is 1.33. The van der Waals surface area contributed by atoms with Crippen LogP contribution in [0.3, 0.4) is 0 Å². The van der Waals surface area contributed by atoms with E-state index < -0.39 is 0 Å². The van der Waals surface area contributed by atoms with Crippen molar-refractivity contribution in [3.05, 3.63) is 27.7 Å². The fourth-order valence-electron chi connectivity index (χ4n) is 0.934. The Hall–Kier alpha value is -1.01. The predicted octanol–water partition coefficient (Wildman–Crippen LogP) is 2.53. The van der Waals surface area contributed by atoms with Gasteiger partial charge < -0.3 is 5.11 Å². The number of phenols is 1. The van der Waals surface area contributed by atoms with Crippen molar-refractivity contribution in [1.29, 1.82) is 5.26 Å². The van der Waals surface area contributed by atoms with Gasteiger partial charge in [0.25, 0.3) is 0 Å². The number of nitriles is 1. The molecule has 2 nitrogen and oxygen atoms in total. The molecule has 0 aromatic heterocycles. The highest BCUT2D eigenvalue weighted by molar-refractivity contribution is 9.10. The summed E-state index contributed by atoms with van der Waals surface area (Å²) in [4.78, 5) is 0. The molecule has 0 saturated heterocycles. The molecule has 0 atom stereocenters. The van der Waals surface area contributed by atoms with Gasteiger partial charge in [-0.3, -0.25) is 0 Å². The Morgan fingerprint density at radius 2 is 2.25 bits per heavy atom.